The van der Waals surface area contributed by atoms with Crippen LogP contribution in [0.1, 0.15) is 12.5 Å². The van der Waals surface area contributed by atoms with Crippen molar-refractivity contribution >= 4 is 27.3 Å². The summed E-state index contributed by atoms with van der Waals surface area (Å²) in [4.78, 5) is 12.4. The van der Waals surface area contributed by atoms with Gasteiger partial charge in [-0.05, 0) is 55.5 Å². The predicted molar refractivity (Wildman–Crippen MR) is 124 cm³/mol. The number of phenols is 1. The van der Waals surface area contributed by atoms with Crippen LogP contribution in [0.5, 0.6) is 17.2 Å². The number of carbonyl (C=O) groups excluding carboxylic acids is 1. The van der Waals surface area contributed by atoms with Crippen LogP contribution in [0.25, 0.3) is 0 Å². The number of amides is 1. The molecule has 8 nitrogen and oxygen atoms in total. The van der Waals surface area contributed by atoms with Gasteiger partial charge in [-0.3, -0.25) is 9.10 Å². The van der Waals surface area contributed by atoms with E-state index in [-0.39, 0.29) is 5.75 Å². The van der Waals surface area contributed by atoms with Gasteiger partial charge in [-0.25, -0.2) is 13.8 Å². The number of sulfonamides is 1. The second-order valence-electron chi connectivity index (χ2n) is 6.93. The fourth-order valence-corrected chi connectivity index (χ4v) is 3.71. The van der Waals surface area contributed by atoms with Gasteiger partial charge < -0.3 is 9.84 Å². The van der Waals surface area contributed by atoms with Gasteiger partial charge in [0.2, 0.25) is 10.0 Å². The van der Waals surface area contributed by atoms with E-state index in [1.165, 1.54) is 6.07 Å². The Labute approximate surface area is 186 Å². The van der Waals surface area contributed by atoms with Crippen molar-refractivity contribution in [1.29, 1.82) is 0 Å². The highest BCUT2D eigenvalue weighted by atomic mass is 32.2. The Bertz CT molecular complexity index is 1210. The average Bonchev–Trinajstić information content (AvgIpc) is 2.77. The van der Waals surface area contributed by atoms with Crippen molar-refractivity contribution in [3.05, 3.63) is 84.4 Å². The molecule has 32 heavy (non-hydrogen) atoms. The molecule has 0 heterocycles. The molecular weight excluding hydrogens is 430 g/mol. The highest BCUT2D eigenvalue weighted by molar-refractivity contribution is 7.92. The summed E-state index contributed by atoms with van der Waals surface area (Å²) in [6.07, 6.45) is 1.02. The van der Waals surface area contributed by atoms with Gasteiger partial charge in [0.1, 0.15) is 23.8 Å². The lowest BCUT2D eigenvalue weighted by atomic mass is 10.1. The average molecular weight is 454 g/mol. The molecule has 0 spiro atoms. The number of anilines is 1. The third kappa shape index (κ3) is 6.08. The zero-order valence-corrected chi connectivity index (χ0v) is 18.4. The first-order valence-electron chi connectivity index (χ1n) is 9.66. The molecule has 0 aliphatic carbocycles. The molecule has 2 N–H and O–H groups in total. The Kier molecular flexibility index (Phi) is 7.11. The van der Waals surface area contributed by atoms with E-state index < -0.39 is 22.5 Å². The van der Waals surface area contributed by atoms with E-state index in [0.29, 0.717) is 28.5 Å². The van der Waals surface area contributed by atoms with E-state index in [1.807, 2.05) is 18.2 Å². The molecule has 0 atom stereocenters. The molecular formula is C23H23N3O5S. The first-order chi connectivity index (χ1) is 15.2. The molecule has 0 radical (unpaired) electrons. The normalized spacial score (nSPS) is 11.6. The Morgan fingerprint density at radius 2 is 1.56 bits per heavy atom. The van der Waals surface area contributed by atoms with Gasteiger partial charge in [-0.1, -0.05) is 30.3 Å². The third-order valence-electron chi connectivity index (χ3n) is 4.43. The minimum Gasteiger partial charge on any atom is -0.507 e. The van der Waals surface area contributed by atoms with Crippen LogP contribution >= 0.6 is 0 Å². The lowest BCUT2D eigenvalue weighted by Gasteiger charge is -2.21. The summed E-state index contributed by atoms with van der Waals surface area (Å²) < 4.78 is 31.3. The number of aromatic hydroxyl groups is 1. The predicted octanol–water partition coefficient (Wildman–Crippen LogP) is 3.49. The number of hydrogen-bond acceptors (Lipinski definition) is 6. The lowest BCUT2D eigenvalue weighted by molar-refractivity contribution is -0.119. The van der Waals surface area contributed by atoms with Crippen molar-refractivity contribution in [2.24, 2.45) is 5.10 Å². The van der Waals surface area contributed by atoms with Crippen LogP contribution in [-0.2, 0) is 14.8 Å². The molecule has 3 aromatic carbocycles. The molecule has 0 fully saturated rings. The highest BCUT2D eigenvalue weighted by Crippen LogP contribution is 2.25. The second-order valence-corrected chi connectivity index (χ2v) is 8.83. The monoisotopic (exact) mass is 453 g/mol. The first kappa shape index (κ1) is 22.8. The molecule has 3 rings (SSSR count). The number of nitrogens with one attached hydrogen (secondary N) is 1. The van der Waals surface area contributed by atoms with Gasteiger partial charge in [0.15, 0.2) is 0 Å². The SMILES string of the molecule is CC(=NNC(=O)CN(c1ccc(Oc2ccccc2)cc1)S(C)(=O)=O)c1ccccc1O. The van der Waals surface area contributed by atoms with Crippen LogP contribution in [0.2, 0.25) is 0 Å². The van der Waals surface area contributed by atoms with E-state index in [1.54, 1.807) is 61.5 Å². The van der Waals surface area contributed by atoms with Crippen LogP contribution in [0, 0.1) is 0 Å². The maximum atomic E-state index is 12.4. The molecule has 0 unspecified atom stereocenters. The van der Waals surface area contributed by atoms with E-state index in [4.69, 9.17) is 4.74 Å². The molecule has 0 aliphatic heterocycles. The number of carbonyl (C=O) groups is 1. The van der Waals surface area contributed by atoms with Crippen LogP contribution in [0.3, 0.4) is 0 Å². The van der Waals surface area contributed by atoms with Crippen LogP contribution in [0.4, 0.5) is 5.69 Å². The number of hydrazone groups is 1. The quantitative estimate of drug-likeness (QED) is 0.401. The third-order valence-corrected chi connectivity index (χ3v) is 5.57. The summed E-state index contributed by atoms with van der Waals surface area (Å²) in [5.41, 5.74) is 3.48. The van der Waals surface area contributed by atoms with E-state index >= 15 is 0 Å². The minimum absolute atomic E-state index is 0.0265. The van der Waals surface area contributed by atoms with E-state index in [0.717, 1.165) is 10.6 Å². The van der Waals surface area contributed by atoms with Gasteiger partial charge in [0.05, 0.1) is 17.7 Å². The first-order valence-corrected chi connectivity index (χ1v) is 11.5. The standard InChI is InChI=1S/C23H23N3O5S/c1-17(21-10-6-7-11-22(21)27)24-25-23(28)16-26(32(2,29)30)18-12-14-20(15-13-18)31-19-8-4-3-5-9-19/h3-15,27H,16H2,1-2H3,(H,25,28). The number of benzene rings is 3. The van der Waals surface area contributed by atoms with Crippen molar-refractivity contribution < 1.29 is 23.1 Å². The lowest BCUT2D eigenvalue weighted by Crippen LogP contribution is -2.39. The smallest absolute Gasteiger partial charge is 0.260 e. The number of nitrogens with zero attached hydrogens (tertiary/aromatic N) is 2. The fraction of sp³-hybridized carbons (Fsp3) is 0.130. The van der Waals surface area contributed by atoms with Crippen LogP contribution in [0.15, 0.2) is 84.0 Å². The highest BCUT2D eigenvalue weighted by Gasteiger charge is 2.21. The summed E-state index contributed by atoms with van der Waals surface area (Å²) in [6, 6.07) is 22.1. The Morgan fingerprint density at radius 1 is 0.969 bits per heavy atom. The zero-order chi connectivity index (χ0) is 23.1. The molecule has 0 aromatic heterocycles. The fourth-order valence-electron chi connectivity index (χ4n) is 2.86. The molecule has 3 aromatic rings. The number of hydrogen-bond donors (Lipinski definition) is 2. The summed E-state index contributed by atoms with van der Waals surface area (Å²) in [7, 11) is -3.74. The maximum absolute atomic E-state index is 12.4. The summed E-state index contributed by atoms with van der Waals surface area (Å²) in [5.74, 6) is 0.575. The van der Waals surface area contributed by atoms with Crippen molar-refractivity contribution in [1.82, 2.24) is 5.43 Å². The number of rotatable bonds is 8. The molecule has 1 amide bonds. The molecule has 0 bridgehead atoms. The minimum atomic E-state index is -3.74. The number of phenolic OH excluding ortho intramolecular Hbond substituents is 1. The second kappa shape index (κ2) is 9.97. The van der Waals surface area contributed by atoms with Gasteiger partial charge in [0, 0.05) is 5.56 Å². The topological polar surface area (TPSA) is 108 Å². The summed E-state index contributed by atoms with van der Waals surface area (Å²) in [5, 5.41) is 13.8. The molecule has 166 valence electrons. The number of ether oxygens (including phenoxy) is 1. The Morgan fingerprint density at radius 3 is 2.19 bits per heavy atom. The molecule has 9 heteroatoms. The van der Waals surface area contributed by atoms with Crippen LogP contribution < -0.4 is 14.5 Å². The summed E-state index contributed by atoms with van der Waals surface area (Å²) >= 11 is 0. The van der Waals surface area contributed by atoms with Gasteiger partial charge >= 0.3 is 0 Å². The van der Waals surface area contributed by atoms with Crippen molar-refractivity contribution in [3.63, 3.8) is 0 Å². The maximum Gasteiger partial charge on any atom is 0.260 e. The Balaban J connectivity index is 1.71. The van der Waals surface area contributed by atoms with Crippen molar-refractivity contribution in [3.8, 4) is 17.2 Å². The summed E-state index contributed by atoms with van der Waals surface area (Å²) in [6.45, 7) is 1.16. The van der Waals surface area contributed by atoms with Crippen molar-refractivity contribution in [2.75, 3.05) is 17.1 Å². The van der Waals surface area contributed by atoms with Gasteiger partial charge in [0.25, 0.3) is 5.91 Å². The van der Waals surface area contributed by atoms with Gasteiger partial charge in [-0.15, -0.1) is 0 Å². The Hall–Kier alpha value is -3.85. The molecule has 0 saturated heterocycles. The zero-order valence-electron chi connectivity index (χ0n) is 17.6. The van der Waals surface area contributed by atoms with Gasteiger partial charge in [-0.2, -0.15) is 5.10 Å². The van der Waals surface area contributed by atoms with E-state index in [9.17, 15) is 18.3 Å². The largest absolute Gasteiger partial charge is 0.507 e. The van der Waals surface area contributed by atoms with Crippen molar-refractivity contribution in [2.45, 2.75) is 6.92 Å². The molecule has 0 saturated carbocycles. The molecule has 0 aliphatic rings. The van der Waals surface area contributed by atoms with E-state index in [2.05, 4.69) is 10.5 Å². The van der Waals surface area contributed by atoms with Crippen LogP contribution in [-0.4, -0.2) is 37.9 Å². The number of para-hydroxylation sites is 2.